The lowest BCUT2D eigenvalue weighted by Gasteiger charge is -2.12. The summed E-state index contributed by atoms with van der Waals surface area (Å²) in [6, 6.07) is 48.1. The lowest BCUT2D eigenvalue weighted by Crippen LogP contribution is -1.92. The highest BCUT2D eigenvalue weighted by Crippen LogP contribution is 2.31. The SMILES string of the molecule is Brc1ccc2cc(-c3ccc4cc(/C(=C\c5ccccc5)Cc5ccccc5)ccc4c3)ccc2c1. The summed E-state index contributed by atoms with van der Waals surface area (Å²) in [6.45, 7) is 0. The number of hydrogen-bond donors (Lipinski definition) is 0. The van der Waals surface area contributed by atoms with E-state index in [-0.39, 0.29) is 0 Å². The van der Waals surface area contributed by atoms with Gasteiger partial charge in [0.1, 0.15) is 0 Å². The van der Waals surface area contributed by atoms with Gasteiger partial charge >= 0.3 is 0 Å². The molecule has 0 aliphatic rings. The average Bonchev–Trinajstić information content (AvgIpc) is 2.93. The van der Waals surface area contributed by atoms with Crippen molar-refractivity contribution in [2.75, 3.05) is 0 Å². The first-order chi connectivity index (χ1) is 17.7. The van der Waals surface area contributed by atoms with Crippen LogP contribution in [0.2, 0.25) is 0 Å². The van der Waals surface area contributed by atoms with Gasteiger partial charge in [0.05, 0.1) is 0 Å². The Balaban J connectivity index is 1.38. The van der Waals surface area contributed by atoms with Crippen molar-refractivity contribution in [2.45, 2.75) is 6.42 Å². The van der Waals surface area contributed by atoms with Crippen LogP contribution in [-0.4, -0.2) is 0 Å². The van der Waals surface area contributed by atoms with E-state index in [1.54, 1.807) is 0 Å². The third-order valence-corrected chi connectivity index (χ3v) is 7.22. The quantitative estimate of drug-likeness (QED) is 0.197. The van der Waals surface area contributed by atoms with Gasteiger partial charge in [-0.25, -0.2) is 0 Å². The van der Waals surface area contributed by atoms with Crippen LogP contribution in [0.5, 0.6) is 0 Å². The fourth-order valence-electron chi connectivity index (χ4n) is 4.82. The molecule has 6 rings (SSSR count). The van der Waals surface area contributed by atoms with E-state index in [2.05, 4.69) is 155 Å². The van der Waals surface area contributed by atoms with E-state index in [4.69, 9.17) is 0 Å². The largest absolute Gasteiger partial charge is 0.0622 e. The minimum atomic E-state index is 0.895. The number of fused-ring (bicyclic) bond motifs is 2. The molecule has 0 heterocycles. The Kier molecular flexibility index (Phi) is 6.24. The van der Waals surface area contributed by atoms with Gasteiger partial charge in [-0.05, 0) is 91.7 Å². The van der Waals surface area contributed by atoms with Crippen molar-refractivity contribution in [1.82, 2.24) is 0 Å². The summed E-state index contributed by atoms with van der Waals surface area (Å²) in [4.78, 5) is 0. The Morgan fingerprint density at radius 1 is 0.528 bits per heavy atom. The molecule has 36 heavy (non-hydrogen) atoms. The van der Waals surface area contributed by atoms with Gasteiger partial charge in [-0.3, -0.25) is 0 Å². The molecular weight excluding hydrogens is 500 g/mol. The second-order valence-electron chi connectivity index (χ2n) is 9.23. The second kappa shape index (κ2) is 9.97. The number of allylic oxidation sites excluding steroid dienone is 1. The molecule has 0 saturated carbocycles. The normalized spacial score (nSPS) is 11.8. The Morgan fingerprint density at radius 3 is 1.78 bits per heavy atom. The van der Waals surface area contributed by atoms with Crippen LogP contribution in [0.3, 0.4) is 0 Å². The summed E-state index contributed by atoms with van der Waals surface area (Å²) in [5, 5.41) is 5.01. The zero-order chi connectivity index (χ0) is 24.3. The molecule has 6 aromatic rings. The predicted molar refractivity (Wildman–Crippen MR) is 159 cm³/mol. The third-order valence-electron chi connectivity index (χ3n) is 6.72. The Labute approximate surface area is 220 Å². The molecule has 0 bridgehead atoms. The number of halogens is 1. The molecule has 0 saturated heterocycles. The van der Waals surface area contributed by atoms with Gasteiger partial charge in [0, 0.05) is 4.47 Å². The monoisotopic (exact) mass is 524 g/mol. The van der Waals surface area contributed by atoms with Crippen molar-refractivity contribution in [1.29, 1.82) is 0 Å². The number of rotatable bonds is 5. The van der Waals surface area contributed by atoms with Gasteiger partial charge < -0.3 is 0 Å². The summed E-state index contributed by atoms with van der Waals surface area (Å²) < 4.78 is 1.11. The fraction of sp³-hybridized carbons (Fsp3) is 0.0286. The molecular formula is C35H25Br. The van der Waals surface area contributed by atoms with Crippen LogP contribution in [0.4, 0.5) is 0 Å². The van der Waals surface area contributed by atoms with Crippen molar-refractivity contribution in [3.63, 3.8) is 0 Å². The van der Waals surface area contributed by atoms with Gasteiger partial charge in [-0.15, -0.1) is 0 Å². The van der Waals surface area contributed by atoms with Gasteiger partial charge in [0.25, 0.3) is 0 Å². The molecule has 0 nitrogen and oxygen atoms in total. The second-order valence-corrected chi connectivity index (χ2v) is 10.1. The Hall–Kier alpha value is -3.94. The van der Waals surface area contributed by atoms with Gasteiger partial charge in [-0.1, -0.05) is 125 Å². The van der Waals surface area contributed by atoms with Crippen LogP contribution in [0.15, 0.2) is 138 Å². The van der Waals surface area contributed by atoms with Crippen molar-refractivity contribution >= 4 is 49.1 Å². The number of benzene rings is 6. The molecule has 0 N–H and O–H groups in total. The standard InChI is InChI=1S/C35H25Br/c36-35-18-17-31-22-29(14-16-33(31)24-35)27-11-12-30-23-32(15-13-28(30)21-27)34(19-25-7-3-1-4-8-25)20-26-9-5-2-6-10-26/h1-19,21-24H,20H2/b34-19-. The zero-order valence-corrected chi connectivity index (χ0v) is 21.5. The van der Waals surface area contributed by atoms with Crippen LogP contribution < -0.4 is 0 Å². The molecule has 0 unspecified atom stereocenters. The third kappa shape index (κ3) is 4.89. The van der Waals surface area contributed by atoms with E-state index in [9.17, 15) is 0 Å². The topological polar surface area (TPSA) is 0 Å². The average molecular weight is 525 g/mol. The molecule has 0 fully saturated rings. The molecule has 6 aromatic carbocycles. The summed E-state index contributed by atoms with van der Waals surface area (Å²) in [6.07, 6.45) is 3.21. The van der Waals surface area contributed by atoms with E-state index in [0.717, 1.165) is 10.9 Å². The van der Waals surface area contributed by atoms with E-state index in [1.165, 1.54) is 54.9 Å². The van der Waals surface area contributed by atoms with Crippen LogP contribution >= 0.6 is 15.9 Å². The Morgan fingerprint density at radius 2 is 1.08 bits per heavy atom. The fourth-order valence-corrected chi connectivity index (χ4v) is 5.20. The molecule has 0 spiro atoms. The molecule has 172 valence electrons. The van der Waals surface area contributed by atoms with Crippen LogP contribution in [-0.2, 0) is 6.42 Å². The highest BCUT2D eigenvalue weighted by molar-refractivity contribution is 9.10. The van der Waals surface area contributed by atoms with Crippen LogP contribution in [0.1, 0.15) is 16.7 Å². The highest BCUT2D eigenvalue weighted by Gasteiger charge is 2.08. The smallest absolute Gasteiger partial charge is 0.0181 e. The first-order valence-corrected chi connectivity index (χ1v) is 13.0. The van der Waals surface area contributed by atoms with Gasteiger partial charge in [-0.2, -0.15) is 0 Å². The first-order valence-electron chi connectivity index (χ1n) is 12.2. The minimum Gasteiger partial charge on any atom is -0.0622 e. The maximum absolute atomic E-state index is 3.57. The Bertz CT molecular complexity index is 1700. The number of hydrogen-bond acceptors (Lipinski definition) is 0. The lowest BCUT2D eigenvalue weighted by atomic mass is 9.93. The highest BCUT2D eigenvalue weighted by atomic mass is 79.9. The van der Waals surface area contributed by atoms with Crippen LogP contribution in [0.25, 0.3) is 44.3 Å². The van der Waals surface area contributed by atoms with E-state index >= 15 is 0 Å². The summed E-state index contributed by atoms with van der Waals surface area (Å²) >= 11 is 3.57. The molecule has 0 aromatic heterocycles. The molecule has 0 aliphatic heterocycles. The maximum Gasteiger partial charge on any atom is 0.0181 e. The molecule has 0 aliphatic carbocycles. The van der Waals surface area contributed by atoms with Crippen molar-refractivity contribution < 1.29 is 0 Å². The summed E-state index contributed by atoms with van der Waals surface area (Å²) in [5.41, 5.74) is 7.60. The molecule has 0 radical (unpaired) electrons. The van der Waals surface area contributed by atoms with E-state index in [1.807, 2.05) is 0 Å². The van der Waals surface area contributed by atoms with Crippen molar-refractivity contribution in [3.8, 4) is 11.1 Å². The lowest BCUT2D eigenvalue weighted by molar-refractivity contribution is 1.29. The van der Waals surface area contributed by atoms with Crippen LogP contribution in [0, 0.1) is 0 Å². The van der Waals surface area contributed by atoms with Gasteiger partial charge in [0.15, 0.2) is 0 Å². The summed E-state index contributed by atoms with van der Waals surface area (Å²) in [7, 11) is 0. The molecule has 0 atom stereocenters. The van der Waals surface area contributed by atoms with E-state index in [0.29, 0.717) is 0 Å². The van der Waals surface area contributed by atoms with E-state index < -0.39 is 0 Å². The molecule has 0 amide bonds. The van der Waals surface area contributed by atoms with Crippen molar-refractivity contribution in [2.24, 2.45) is 0 Å². The first kappa shape index (κ1) is 22.5. The minimum absolute atomic E-state index is 0.895. The van der Waals surface area contributed by atoms with Crippen molar-refractivity contribution in [3.05, 3.63) is 155 Å². The van der Waals surface area contributed by atoms with Gasteiger partial charge in [0.2, 0.25) is 0 Å². The maximum atomic E-state index is 3.57. The summed E-state index contributed by atoms with van der Waals surface area (Å²) in [5.74, 6) is 0. The zero-order valence-electron chi connectivity index (χ0n) is 19.9. The molecule has 1 heteroatoms. The predicted octanol–water partition coefficient (Wildman–Crippen LogP) is 10.2.